The van der Waals surface area contributed by atoms with Crippen LogP contribution >= 0.6 is 23.1 Å². The summed E-state index contributed by atoms with van der Waals surface area (Å²) in [6.45, 7) is 0. The molecule has 1 N–H and O–H groups in total. The van der Waals surface area contributed by atoms with Crippen LogP contribution in [0, 0.1) is 0 Å². The Labute approximate surface area is 149 Å². The van der Waals surface area contributed by atoms with Crippen molar-refractivity contribution >= 4 is 44.3 Å². The van der Waals surface area contributed by atoms with E-state index in [0.717, 1.165) is 42.4 Å². The first-order chi connectivity index (χ1) is 12.4. The van der Waals surface area contributed by atoms with Gasteiger partial charge in [0.1, 0.15) is 21.7 Å². The number of fused-ring (bicyclic) bond motifs is 2. The Hall–Kier alpha value is -2.91. The third-order valence-electron chi connectivity index (χ3n) is 3.71. The molecule has 25 heavy (non-hydrogen) atoms. The third-order valence-corrected chi connectivity index (χ3v) is 5.34. The second-order valence-corrected chi connectivity index (χ2v) is 7.10. The average Bonchev–Trinajstić information content (AvgIpc) is 3.32. The lowest BCUT2D eigenvalue weighted by molar-refractivity contribution is 0.911. The standard InChI is InChI=1S/C16H9N7S2/c1-2-12-11(5-9(1)25-13-6-21-23-22-13)14(19-7-18-12)10-3-4-17-16-15(10)20-8-24-16/h1-8H,(H,21,22,23). The van der Waals surface area contributed by atoms with E-state index in [9.17, 15) is 0 Å². The van der Waals surface area contributed by atoms with Crippen molar-refractivity contribution in [2.24, 2.45) is 0 Å². The Morgan fingerprint density at radius 2 is 2.04 bits per heavy atom. The fraction of sp³-hybridized carbons (Fsp3) is 0. The van der Waals surface area contributed by atoms with Crippen molar-refractivity contribution < 1.29 is 0 Å². The van der Waals surface area contributed by atoms with E-state index >= 15 is 0 Å². The van der Waals surface area contributed by atoms with Crippen LogP contribution in [-0.2, 0) is 0 Å². The SMILES string of the molecule is c1nc(-c2ccnc3scnc23)c2cc(Sc3cn[nH]n3)ccc2n1. The van der Waals surface area contributed by atoms with Gasteiger partial charge in [-0.1, -0.05) is 11.8 Å². The molecular formula is C16H9N7S2. The molecule has 7 nitrogen and oxygen atoms in total. The first-order valence-corrected chi connectivity index (χ1v) is 9.05. The number of pyridine rings is 1. The van der Waals surface area contributed by atoms with E-state index in [0.29, 0.717) is 0 Å². The second kappa shape index (κ2) is 5.87. The topological polar surface area (TPSA) is 93.1 Å². The molecule has 0 amide bonds. The van der Waals surface area contributed by atoms with Crippen LogP contribution in [0.3, 0.4) is 0 Å². The number of thiazole rings is 1. The highest BCUT2D eigenvalue weighted by Gasteiger charge is 2.13. The summed E-state index contributed by atoms with van der Waals surface area (Å²) in [5, 5.41) is 12.3. The molecule has 120 valence electrons. The molecule has 0 saturated heterocycles. The van der Waals surface area contributed by atoms with Crippen molar-refractivity contribution in [1.82, 2.24) is 35.3 Å². The van der Waals surface area contributed by atoms with Gasteiger partial charge in [0, 0.05) is 22.0 Å². The van der Waals surface area contributed by atoms with E-state index in [2.05, 4.69) is 41.4 Å². The Balaban J connectivity index is 1.71. The molecule has 4 aromatic heterocycles. The number of rotatable bonds is 3. The zero-order chi connectivity index (χ0) is 16.6. The van der Waals surface area contributed by atoms with Crippen LogP contribution < -0.4 is 0 Å². The van der Waals surface area contributed by atoms with Crippen LogP contribution in [-0.4, -0.2) is 35.3 Å². The van der Waals surface area contributed by atoms with Crippen LogP contribution in [0.2, 0.25) is 0 Å². The molecule has 5 aromatic rings. The van der Waals surface area contributed by atoms with E-state index in [1.165, 1.54) is 23.1 Å². The van der Waals surface area contributed by atoms with Gasteiger partial charge >= 0.3 is 0 Å². The van der Waals surface area contributed by atoms with Crippen LogP contribution in [0.1, 0.15) is 0 Å². The first-order valence-electron chi connectivity index (χ1n) is 7.35. The maximum atomic E-state index is 4.53. The Bertz CT molecular complexity index is 1180. The highest BCUT2D eigenvalue weighted by Crippen LogP contribution is 2.34. The Morgan fingerprint density at radius 3 is 2.96 bits per heavy atom. The lowest BCUT2D eigenvalue weighted by Gasteiger charge is -2.07. The molecule has 0 aliphatic rings. The molecule has 1 aromatic carbocycles. The molecule has 0 saturated carbocycles. The van der Waals surface area contributed by atoms with Crippen LogP contribution in [0.5, 0.6) is 0 Å². The normalized spacial score (nSPS) is 11.4. The number of hydrogen-bond acceptors (Lipinski definition) is 8. The van der Waals surface area contributed by atoms with E-state index < -0.39 is 0 Å². The quantitative estimate of drug-likeness (QED) is 0.524. The van der Waals surface area contributed by atoms with E-state index in [1.54, 1.807) is 24.2 Å². The van der Waals surface area contributed by atoms with Crippen LogP contribution in [0.25, 0.3) is 32.5 Å². The smallest absolute Gasteiger partial charge is 0.143 e. The maximum absolute atomic E-state index is 4.53. The van der Waals surface area contributed by atoms with Gasteiger partial charge in [-0.05, 0) is 24.3 Å². The highest BCUT2D eigenvalue weighted by atomic mass is 32.2. The van der Waals surface area contributed by atoms with Crippen LogP contribution in [0.4, 0.5) is 0 Å². The van der Waals surface area contributed by atoms with Gasteiger partial charge in [0.25, 0.3) is 0 Å². The van der Waals surface area contributed by atoms with Crippen molar-refractivity contribution in [1.29, 1.82) is 0 Å². The van der Waals surface area contributed by atoms with Crippen molar-refractivity contribution in [3.05, 3.63) is 48.5 Å². The maximum Gasteiger partial charge on any atom is 0.143 e. The lowest BCUT2D eigenvalue weighted by Crippen LogP contribution is -1.91. The molecule has 0 spiro atoms. The van der Waals surface area contributed by atoms with Crippen molar-refractivity contribution in [2.75, 3.05) is 0 Å². The minimum Gasteiger partial charge on any atom is -0.244 e. The summed E-state index contributed by atoms with van der Waals surface area (Å²) in [5.74, 6) is 0. The van der Waals surface area contributed by atoms with Gasteiger partial charge < -0.3 is 0 Å². The van der Waals surface area contributed by atoms with Gasteiger partial charge in [0.15, 0.2) is 0 Å². The lowest BCUT2D eigenvalue weighted by atomic mass is 10.1. The summed E-state index contributed by atoms with van der Waals surface area (Å²) in [6.07, 6.45) is 5.07. The number of hydrogen-bond donors (Lipinski definition) is 1. The summed E-state index contributed by atoms with van der Waals surface area (Å²) < 4.78 is 0. The predicted octanol–water partition coefficient (Wildman–Crippen LogP) is 3.57. The van der Waals surface area contributed by atoms with Gasteiger partial charge in [0.2, 0.25) is 0 Å². The number of nitrogens with zero attached hydrogens (tertiary/aromatic N) is 6. The number of benzene rings is 1. The third kappa shape index (κ3) is 2.53. The van der Waals surface area contributed by atoms with E-state index in [1.807, 2.05) is 18.2 Å². The molecule has 5 rings (SSSR count). The van der Waals surface area contributed by atoms with Crippen molar-refractivity contribution in [2.45, 2.75) is 9.92 Å². The zero-order valence-electron chi connectivity index (χ0n) is 12.6. The van der Waals surface area contributed by atoms with Crippen LogP contribution in [0.15, 0.2) is 58.4 Å². The van der Waals surface area contributed by atoms with E-state index in [-0.39, 0.29) is 0 Å². The molecule has 0 fully saturated rings. The largest absolute Gasteiger partial charge is 0.244 e. The molecular weight excluding hydrogens is 354 g/mol. The van der Waals surface area contributed by atoms with Gasteiger partial charge in [-0.25, -0.2) is 19.9 Å². The minimum atomic E-state index is 0.809. The van der Waals surface area contributed by atoms with Crippen molar-refractivity contribution in [3.8, 4) is 11.3 Å². The van der Waals surface area contributed by atoms with Gasteiger partial charge in [-0.2, -0.15) is 10.3 Å². The summed E-state index contributed by atoms with van der Waals surface area (Å²) in [7, 11) is 0. The van der Waals surface area contributed by atoms with E-state index in [4.69, 9.17) is 0 Å². The summed E-state index contributed by atoms with van der Waals surface area (Å²) >= 11 is 3.05. The molecule has 0 aliphatic heterocycles. The number of aromatic amines is 1. The Morgan fingerprint density at radius 1 is 1.04 bits per heavy atom. The fourth-order valence-electron chi connectivity index (χ4n) is 2.64. The molecule has 9 heteroatoms. The zero-order valence-corrected chi connectivity index (χ0v) is 14.3. The molecule has 4 heterocycles. The molecule has 0 bridgehead atoms. The molecule has 0 unspecified atom stereocenters. The second-order valence-electron chi connectivity index (χ2n) is 5.18. The minimum absolute atomic E-state index is 0.809. The highest BCUT2D eigenvalue weighted by molar-refractivity contribution is 7.99. The molecule has 0 aliphatic carbocycles. The monoisotopic (exact) mass is 363 g/mol. The van der Waals surface area contributed by atoms with Gasteiger partial charge in [-0.15, -0.1) is 16.4 Å². The number of nitrogens with one attached hydrogen (secondary N) is 1. The van der Waals surface area contributed by atoms with Gasteiger partial charge in [-0.3, -0.25) is 0 Å². The van der Waals surface area contributed by atoms with Gasteiger partial charge in [0.05, 0.1) is 22.9 Å². The number of aromatic nitrogens is 7. The predicted molar refractivity (Wildman–Crippen MR) is 96.5 cm³/mol. The molecule has 0 atom stereocenters. The first kappa shape index (κ1) is 14.4. The van der Waals surface area contributed by atoms with Crippen molar-refractivity contribution in [3.63, 3.8) is 0 Å². The fourth-order valence-corrected chi connectivity index (χ4v) is 4.04. The molecule has 0 radical (unpaired) electrons. The average molecular weight is 363 g/mol. The number of H-pyrrole nitrogens is 1. The Kier molecular flexibility index (Phi) is 3.39. The summed E-state index contributed by atoms with van der Waals surface area (Å²) in [4.78, 5) is 19.7. The summed E-state index contributed by atoms with van der Waals surface area (Å²) in [6, 6.07) is 8.02. The summed E-state index contributed by atoms with van der Waals surface area (Å²) in [5.41, 5.74) is 5.36.